The van der Waals surface area contributed by atoms with Crippen molar-refractivity contribution >= 4 is 38.6 Å². The van der Waals surface area contributed by atoms with Crippen LogP contribution in [0.15, 0.2) is 27.4 Å². The van der Waals surface area contributed by atoms with Gasteiger partial charge in [-0.1, -0.05) is 0 Å². The fourth-order valence-corrected chi connectivity index (χ4v) is 3.56. The molecule has 2 aromatic rings. The number of hydrogen-bond donors (Lipinski definition) is 1. The predicted molar refractivity (Wildman–Crippen MR) is 67.0 cm³/mol. The van der Waals surface area contributed by atoms with E-state index in [1.807, 2.05) is 23.6 Å². The highest BCUT2D eigenvalue weighted by atomic mass is 79.9. The van der Waals surface area contributed by atoms with E-state index in [4.69, 9.17) is 4.74 Å². The van der Waals surface area contributed by atoms with Gasteiger partial charge >= 0.3 is 0 Å². The summed E-state index contributed by atoms with van der Waals surface area (Å²) in [6, 6.07) is 5.72. The Hall–Kier alpha value is -0.360. The van der Waals surface area contributed by atoms with E-state index in [1.165, 1.54) is 11.3 Å². The lowest BCUT2D eigenvalue weighted by atomic mass is 10.2. The van der Waals surface area contributed by atoms with Gasteiger partial charge in [0, 0.05) is 15.1 Å². The molecule has 0 spiro atoms. The number of aliphatic hydroxyl groups is 1. The molecule has 15 heavy (non-hydrogen) atoms. The lowest BCUT2D eigenvalue weighted by Crippen LogP contribution is -1.92. The molecule has 0 amide bonds. The van der Waals surface area contributed by atoms with E-state index in [0.717, 1.165) is 19.3 Å². The summed E-state index contributed by atoms with van der Waals surface area (Å²) >= 11 is 6.42. The molecule has 0 radical (unpaired) electrons. The molecule has 0 aliphatic rings. The Morgan fingerprint density at radius 3 is 2.73 bits per heavy atom. The summed E-state index contributed by atoms with van der Waals surface area (Å²) in [7, 11) is 1.62. The maximum absolute atomic E-state index is 10.1. The highest BCUT2D eigenvalue weighted by molar-refractivity contribution is 9.11. The van der Waals surface area contributed by atoms with E-state index in [0.29, 0.717) is 0 Å². The summed E-state index contributed by atoms with van der Waals surface area (Å²) in [5, 5.41) is 11.9. The lowest BCUT2D eigenvalue weighted by Gasteiger charge is -2.04. The molecule has 2 heterocycles. The Bertz CT molecular complexity index is 450. The quantitative estimate of drug-likeness (QED) is 0.937. The van der Waals surface area contributed by atoms with Gasteiger partial charge in [0.2, 0.25) is 0 Å². The van der Waals surface area contributed by atoms with Gasteiger partial charge in [0.15, 0.2) is 0 Å². The fourth-order valence-electron chi connectivity index (χ4n) is 1.20. The molecule has 2 nitrogen and oxygen atoms in total. The van der Waals surface area contributed by atoms with Gasteiger partial charge in [-0.15, -0.1) is 22.7 Å². The van der Waals surface area contributed by atoms with E-state index in [2.05, 4.69) is 15.9 Å². The number of ether oxygens (including phenoxy) is 1. The molecule has 0 saturated carbocycles. The maximum Gasteiger partial charge on any atom is 0.129 e. The van der Waals surface area contributed by atoms with E-state index in [-0.39, 0.29) is 0 Å². The highest BCUT2D eigenvalue weighted by Crippen LogP contribution is 2.35. The molecule has 5 heteroatoms. The van der Waals surface area contributed by atoms with Crippen molar-refractivity contribution in [1.82, 2.24) is 0 Å². The fraction of sp³-hybridized carbons (Fsp3) is 0.200. The normalized spacial score (nSPS) is 12.7. The molecule has 2 rings (SSSR count). The standard InChI is InChI=1S/C10H9BrO2S2/c1-13-6-4-8(14-5-6)10(12)7-2-3-9(11)15-7/h2-5,10,12H,1H3. The van der Waals surface area contributed by atoms with E-state index in [9.17, 15) is 5.11 Å². The average molecular weight is 305 g/mol. The molecule has 0 saturated heterocycles. The molecule has 0 aliphatic heterocycles. The minimum Gasteiger partial charge on any atom is -0.496 e. The van der Waals surface area contributed by atoms with Gasteiger partial charge in [-0.2, -0.15) is 0 Å². The third-order valence-electron chi connectivity index (χ3n) is 1.96. The lowest BCUT2D eigenvalue weighted by molar-refractivity contribution is 0.227. The van der Waals surface area contributed by atoms with Gasteiger partial charge in [-0.25, -0.2) is 0 Å². The number of halogens is 1. The summed E-state index contributed by atoms with van der Waals surface area (Å²) in [5.74, 6) is 0.796. The zero-order valence-electron chi connectivity index (χ0n) is 7.94. The molecule has 0 fully saturated rings. The summed E-state index contributed by atoms with van der Waals surface area (Å²) in [6.45, 7) is 0. The van der Waals surface area contributed by atoms with Crippen LogP contribution in [0, 0.1) is 0 Å². The number of hydrogen-bond acceptors (Lipinski definition) is 4. The summed E-state index contributed by atoms with van der Waals surface area (Å²) in [5.41, 5.74) is 0. The molecule has 1 unspecified atom stereocenters. The second-order valence-corrected chi connectivity index (χ2v) is 6.37. The van der Waals surface area contributed by atoms with Crippen molar-refractivity contribution in [2.24, 2.45) is 0 Å². The van der Waals surface area contributed by atoms with E-state index < -0.39 is 6.10 Å². The third-order valence-corrected chi connectivity index (χ3v) is 4.60. The van der Waals surface area contributed by atoms with E-state index in [1.54, 1.807) is 18.4 Å². The molecule has 1 N–H and O–H groups in total. The molecule has 0 aromatic carbocycles. The molecular weight excluding hydrogens is 296 g/mol. The van der Waals surface area contributed by atoms with Crippen LogP contribution in [-0.4, -0.2) is 12.2 Å². The van der Waals surface area contributed by atoms with Crippen molar-refractivity contribution in [1.29, 1.82) is 0 Å². The first-order valence-electron chi connectivity index (χ1n) is 4.26. The second kappa shape index (κ2) is 4.65. The molecule has 0 aliphatic carbocycles. The molecular formula is C10H9BrO2S2. The Kier molecular flexibility index (Phi) is 3.45. The van der Waals surface area contributed by atoms with E-state index >= 15 is 0 Å². The van der Waals surface area contributed by atoms with Crippen molar-refractivity contribution < 1.29 is 9.84 Å². The molecule has 0 bridgehead atoms. The molecule has 1 atom stereocenters. The predicted octanol–water partition coefficient (Wildman–Crippen LogP) is 3.66. The van der Waals surface area contributed by atoms with Gasteiger partial charge in [-0.3, -0.25) is 0 Å². The first-order valence-corrected chi connectivity index (χ1v) is 6.75. The topological polar surface area (TPSA) is 29.5 Å². The van der Waals surface area contributed by atoms with Crippen LogP contribution < -0.4 is 4.74 Å². The first kappa shape index (κ1) is 11.1. The van der Waals surface area contributed by atoms with Crippen LogP contribution in [0.2, 0.25) is 0 Å². The Balaban J connectivity index is 2.23. The zero-order valence-corrected chi connectivity index (χ0v) is 11.2. The van der Waals surface area contributed by atoms with Gasteiger partial charge in [-0.05, 0) is 34.1 Å². The van der Waals surface area contributed by atoms with Crippen LogP contribution in [0.1, 0.15) is 15.9 Å². The number of thiophene rings is 2. The Morgan fingerprint density at radius 2 is 2.20 bits per heavy atom. The van der Waals surface area contributed by atoms with Crippen LogP contribution in [0.4, 0.5) is 0 Å². The van der Waals surface area contributed by atoms with Gasteiger partial charge in [0.1, 0.15) is 11.9 Å². The first-order chi connectivity index (χ1) is 7.20. The Morgan fingerprint density at radius 1 is 1.40 bits per heavy atom. The highest BCUT2D eigenvalue weighted by Gasteiger charge is 2.15. The summed E-state index contributed by atoms with van der Waals surface area (Å²) in [4.78, 5) is 1.84. The minimum absolute atomic E-state index is 0.546. The maximum atomic E-state index is 10.1. The monoisotopic (exact) mass is 304 g/mol. The minimum atomic E-state index is -0.546. The average Bonchev–Trinajstić information content (AvgIpc) is 2.84. The Labute approximate surface area is 104 Å². The second-order valence-electron chi connectivity index (χ2n) is 2.93. The summed E-state index contributed by atoms with van der Waals surface area (Å²) < 4.78 is 6.11. The van der Waals surface area contributed by atoms with Crippen LogP contribution >= 0.6 is 38.6 Å². The van der Waals surface area contributed by atoms with Crippen molar-refractivity contribution in [3.05, 3.63) is 37.1 Å². The van der Waals surface area contributed by atoms with Gasteiger partial charge in [0.05, 0.1) is 10.9 Å². The van der Waals surface area contributed by atoms with Crippen molar-refractivity contribution in [3.8, 4) is 5.75 Å². The van der Waals surface area contributed by atoms with Crippen LogP contribution in [0.3, 0.4) is 0 Å². The van der Waals surface area contributed by atoms with Crippen LogP contribution in [0.5, 0.6) is 5.75 Å². The van der Waals surface area contributed by atoms with Crippen molar-refractivity contribution in [2.75, 3.05) is 7.11 Å². The van der Waals surface area contributed by atoms with Crippen LogP contribution in [0.25, 0.3) is 0 Å². The SMILES string of the molecule is COc1csc(C(O)c2ccc(Br)s2)c1. The van der Waals surface area contributed by atoms with Crippen LogP contribution in [-0.2, 0) is 0 Å². The van der Waals surface area contributed by atoms with Crippen molar-refractivity contribution in [3.63, 3.8) is 0 Å². The largest absolute Gasteiger partial charge is 0.496 e. The molecule has 2 aromatic heterocycles. The van der Waals surface area contributed by atoms with Gasteiger partial charge < -0.3 is 9.84 Å². The molecule has 80 valence electrons. The third kappa shape index (κ3) is 2.42. The smallest absolute Gasteiger partial charge is 0.129 e. The zero-order chi connectivity index (χ0) is 10.8. The number of rotatable bonds is 3. The summed E-state index contributed by atoms with van der Waals surface area (Å²) in [6.07, 6.45) is -0.546. The number of aliphatic hydroxyl groups excluding tert-OH is 1. The van der Waals surface area contributed by atoms with Gasteiger partial charge in [0.25, 0.3) is 0 Å². The van der Waals surface area contributed by atoms with Crippen molar-refractivity contribution in [2.45, 2.75) is 6.10 Å². The number of methoxy groups -OCH3 is 1.